The molecule has 1 aromatic heterocycles. The van der Waals surface area contributed by atoms with Crippen molar-refractivity contribution < 1.29 is 4.79 Å². The van der Waals surface area contributed by atoms with Crippen LogP contribution in [-0.2, 0) is 6.54 Å². The van der Waals surface area contributed by atoms with Crippen LogP contribution in [-0.4, -0.2) is 16.1 Å². The van der Waals surface area contributed by atoms with E-state index in [9.17, 15) is 4.79 Å². The normalized spacial score (nSPS) is 11.3. The number of aryl methyl sites for hydroxylation is 2. The second-order valence-corrected chi connectivity index (χ2v) is 10.6. The monoisotopic (exact) mass is 446 g/mol. The van der Waals surface area contributed by atoms with E-state index < -0.39 is 0 Å². The highest BCUT2D eigenvalue weighted by Crippen LogP contribution is 2.34. The highest BCUT2D eigenvalue weighted by molar-refractivity contribution is 7.99. The molecule has 5 heteroatoms. The minimum absolute atomic E-state index is 0.0245. The number of nitrogens with zero attached hydrogens (tertiary/aromatic N) is 2. The van der Waals surface area contributed by atoms with E-state index in [1.54, 1.807) is 23.1 Å². The Morgan fingerprint density at radius 2 is 1.81 bits per heavy atom. The molecule has 31 heavy (non-hydrogen) atoms. The number of hydrogen-bond donors (Lipinski definition) is 0. The molecule has 0 atom stereocenters. The number of benzene rings is 3. The van der Waals surface area contributed by atoms with E-state index in [0.717, 1.165) is 25.8 Å². The van der Waals surface area contributed by atoms with Crippen LogP contribution in [0.3, 0.4) is 0 Å². The molecule has 0 aliphatic heterocycles. The van der Waals surface area contributed by atoms with Crippen LogP contribution in [0.5, 0.6) is 0 Å². The number of rotatable bonds is 6. The van der Waals surface area contributed by atoms with Gasteiger partial charge in [0, 0.05) is 15.7 Å². The lowest BCUT2D eigenvalue weighted by molar-refractivity contribution is 0.0985. The fourth-order valence-electron chi connectivity index (χ4n) is 3.60. The minimum Gasteiger partial charge on any atom is -0.279 e. The Morgan fingerprint density at radius 1 is 1.03 bits per heavy atom. The topological polar surface area (TPSA) is 33.2 Å². The Hall–Kier alpha value is -2.63. The van der Waals surface area contributed by atoms with Gasteiger partial charge in [-0.3, -0.25) is 9.69 Å². The fraction of sp³-hybridized carbons (Fsp3) is 0.231. The van der Waals surface area contributed by atoms with Crippen LogP contribution < -0.4 is 4.90 Å². The van der Waals surface area contributed by atoms with Gasteiger partial charge in [0.25, 0.3) is 5.91 Å². The van der Waals surface area contributed by atoms with Crippen LogP contribution in [0.1, 0.15) is 40.9 Å². The summed E-state index contributed by atoms with van der Waals surface area (Å²) in [5.41, 5.74) is 5.10. The van der Waals surface area contributed by atoms with Crippen LogP contribution in [0.2, 0.25) is 0 Å². The molecule has 0 radical (unpaired) electrons. The van der Waals surface area contributed by atoms with Crippen molar-refractivity contribution in [2.75, 3.05) is 4.90 Å². The van der Waals surface area contributed by atoms with E-state index >= 15 is 0 Å². The molecular formula is C26H26N2OS2. The van der Waals surface area contributed by atoms with Crippen LogP contribution in [0.4, 0.5) is 5.13 Å². The van der Waals surface area contributed by atoms with Gasteiger partial charge in [0.15, 0.2) is 5.13 Å². The third-order valence-electron chi connectivity index (χ3n) is 4.92. The smallest absolute Gasteiger partial charge is 0.260 e. The summed E-state index contributed by atoms with van der Waals surface area (Å²) in [7, 11) is 0. The number of carbonyl (C=O) groups excluding carboxylic acids is 1. The lowest BCUT2D eigenvalue weighted by Gasteiger charge is -2.20. The summed E-state index contributed by atoms with van der Waals surface area (Å²) in [6.45, 7) is 8.99. The van der Waals surface area contributed by atoms with Gasteiger partial charge in [-0.1, -0.05) is 67.6 Å². The summed E-state index contributed by atoms with van der Waals surface area (Å²) in [5, 5.41) is 1.20. The Balaban J connectivity index is 1.76. The van der Waals surface area contributed by atoms with Crippen molar-refractivity contribution in [1.82, 2.24) is 4.98 Å². The number of carbonyl (C=O) groups is 1. The highest BCUT2D eigenvalue weighted by Gasteiger charge is 2.22. The van der Waals surface area contributed by atoms with Crippen molar-refractivity contribution in [3.05, 3.63) is 89.0 Å². The van der Waals surface area contributed by atoms with Crippen molar-refractivity contribution in [3.8, 4) is 0 Å². The first kappa shape index (κ1) is 21.6. The maximum Gasteiger partial charge on any atom is 0.260 e. The zero-order valence-corrected chi connectivity index (χ0v) is 19.9. The zero-order valence-electron chi connectivity index (χ0n) is 18.3. The predicted octanol–water partition coefficient (Wildman–Crippen LogP) is 7.26. The summed E-state index contributed by atoms with van der Waals surface area (Å²) in [5.74, 6) is -0.0245. The van der Waals surface area contributed by atoms with Gasteiger partial charge in [0.05, 0.1) is 16.8 Å². The van der Waals surface area contributed by atoms with Crippen LogP contribution in [0.25, 0.3) is 10.2 Å². The molecule has 0 N–H and O–H groups in total. The lowest BCUT2D eigenvalue weighted by Crippen LogP contribution is -2.30. The molecule has 4 rings (SSSR count). The molecule has 158 valence electrons. The number of thiazole rings is 1. The molecule has 0 unspecified atom stereocenters. The standard InChI is InChI=1S/C26H26N2OS2/c1-17(2)30-22-12-8-11-21(15-22)25(29)28(16-20-9-6-5-7-10-20)26-27-23-14-18(3)13-19(4)24(23)31-26/h5-15,17H,16H2,1-4H3. The lowest BCUT2D eigenvalue weighted by atomic mass is 10.1. The van der Waals surface area contributed by atoms with Crippen molar-refractivity contribution in [2.45, 2.75) is 44.4 Å². The first-order valence-corrected chi connectivity index (χ1v) is 12.1. The first-order chi connectivity index (χ1) is 14.9. The summed E-state index contributed by atoms with van der Waals surface area (Å²) < 4.78 is 1.13. The number of amides is 1. The van der Waals surface area contributed by atoms with Crippen molar-refractivity contribution in [3.63, 3.8) is 0 Å². The quantitative estimate of drug-likeness (QED) is 0.292. The molecule has 1 amide bonds. The SMILES string of the molecule is Cc1cc(C)c2sc(N(Cc3ccccc3)C(=O)c3cccc(SC(C)C)c3)nc2c1. The molecule has 0 spiro atoms. The first-order valence-electron chi connectivity index (χ1n) is 10.4. The Bertz CT molecular complexity index is 1210. The molecule has 0 saturated carbocycles. The number of aromatic nitrogens is 1. The van der Waals surface area contributed by atoms with Crippen LogP contribution >= 0.6 is 23.1 Å². The molecule has 0 aliphatic carbocycles. The Morgan fingerprint density at radius 3 is 2.55 bits per heavy atom. The number of fused-ring (bicyclic) bond motifs is 1. The van der Waals surface area contributed by atoms with E-state index in [1.807, 2.05) is 53.4 Å². The van der Waals surface area contributed by atoms with E-state index in [4.69, 9.17) is 4.98 Å². The molecule has 4 aromatic rings. The van der Waals surface area contributed by atoms with Gasteiger partial charge in [0.2, 0.25) is 0 Å². The maximum atomic E-state index is 13.7. The summed E-state index contributed by atoms with van der Waals surface area (Å²) in [6.07, 6.45) is 0. The fourth-order valence-corrected chi connectivity index (χ4v) is 5.51. The second-order valence-electron chi connectivity index (χ2n) is 8.00. The van der Waals surface area contributed by atoms with Gasteiger partial charge in [-0.05, 0) is 54.8 Å². The minimum atomic E-state index is -0.0245. The highest BCUT2D eigenvalue weighted by atomic mass is 32.2. The number of thioether (sulfide) groups is 1. The molecule has 3 nitrogen and oxygen atoms in total. The molecular weight excluding hydrogens is 420 g/mol. The van der Waals surface area contributed by atoms with Crippen molar-refractivity contribution in [2.24, 2.45) is 0 Å². The third-order valence-corrected chi connectivity index (χ3v) is 7.15. The molecule has 0 bridgehead atoms. The van der Waals surface area contributed by atoms with Crippen LogP contribution in [0, 0.1) is 13.8 Å². The van der Waals surface area contributed by atoms with E-state index in [0.29, 0.717) is 17.4 Å². The van der Waals surface area contributed by atoms with Crippen molar-refractivity contribution in [1.29, 1.82) is 0 Å². The van der Waals surface area contributed by atoms with E-state index in [-0.39, 0.29) is 5.91 Å². The molecule has 0 saturated heterocycles. The van der Waals surface area contributed by atoms with Gasteiger partial charge >= 0.3 is 0 Å². The van der Waals surface area contributed by atoms with Gasteiger partial charge in [-0.25, -0.2) is 4.98 Å². The van der Waals surface area contributed by atoms with Gasteiger partial charge in [0.1, 0.15) is 0 Å². The van der Waals surface area contributed by atoms with E-state index in [1.165, 1.54) is 11.1 Å². The predicted molar refractivity (Wildman–Crippen MR) is 133 cm³/mol. The van der Waals surface area contributed by atoms with E-state index in [2.05, 4.69) is 45.9 Å². The average molecular weight is 447 g/mol. The number of hydrogen-bond acceptors (Lipinski definition) is 4. The van der Waals surface area contributed by atoms with Gasteiger partial charge in [-0.2, -0.15) is 0 Å². The molecule has 3 aromatic carbocycles. The Labute approximate surface area is 192 Å². The molecule has 0 aliphatic rings. The maximum absolute atomic E-state index is 13.7. The van der Waals surface area contributed by atoms with Crippen LogP contribution in [0.15, 0.2) is 71.6 Å². The summed E-state index contributed by atoms with van der Waals surface area (Å²) in [6, 6.07) is 22.3. The molecule has 0 fully saturated rings. The summed E-state index contributed by atoms with van der Waals surface area (Å²) >= 11 is 3.35. The molecule has 1 heterocycles. The largest absolute Gasteiger partial charge is 0.279 e. The average Bonchev–Trinajstić information content (AvgIpc) is 3.16. The van der Waals surface area contributed by atoms with Crippen molar-refractivity contribution >= 4 is 44.4 Å². The number of anilines is 1. The second kappa shape index (κ2) is 9.25. The summed E-state index contributed by atoms with van der Waals surface area (Å²) in [4.78, 5) is 21.5. The van der Waals surface area contributed by atoms with Gasteiger partial charge < -0.3 is 0 Å². The van der Waals surface area contributed by atoms with Gasteiger partial charge in [-0.15, -0.1) is 11.8 Å². The Kier molecular flexibility index (Phi) is 6.44. The zero-order chi connectivity index (χ0) is 22.0. The third kappa shape index (κ3) is 5.00.